The van der Waals surface area contributed by atoms with Crippen molar-refractivity contribution < 1.29 is 4.79 Å². The second kappa shape index (κ2) is 8.05. The molecule has 19 heavy (non-hydrogen) atoms. The van der Waals surface area contributed by atoms with Crippen LogP contribution in [0, 0.1) is 0 Å². The molecule has 0 heterocycles. The number of hydrogen-bond acceptors (Lipinski definition) is 2. The third-order valence-corrected chi connectivity index (χ3v) is 4.15. The third-order valence-electron chi connectivity index (χ3n) is 2.94. The number of hydrogen-bond donors (Lipinski definition) is 1. The summed E-state index contributed by atoms with van der Waals surface area (Å²) >= 11 is 1.66. The van der Waals surface area contributed by atoms with Gasteiger partial charge in [0.05, 0.1) is 5.25 Å². The molecule has 1 rings (SSSR count). The summed E-state index contributed by atoms with van der Waals surface area (Å²) in [7, 11) is 0. The van der Waals surface area contributed by atoms with Crippen LogP contribution in [0.3, 0.4) is 0 Å². The summed E-state index contributed by atoms with van der Waals surface area (Å²) in [5.74, 6) is 1.50. The third kappa shape index (κ3) is 5.52. The molecule has 0 aliphatic heterocycles. The molecule has 0 aromatic heterocycles. The normalized spacial score (nSPS) is 12.2. The first kappa shape index (κ1) is 15.8. The van der Waals surface area contributed by atoms with E-state index in [1.165, 1.54) is 11.1 Å². The molecule has 104 valence electrons. The molecule has 1 amide bonds. The summed E-state index contributed by atoms with van der Waals surface area (Å²) in [6, 6.07) is 8.64. The molecule has 1 N–H and O–H groups in total. The number of benzene rings is 1. The van der Waals surface area contributed by atoms with Gasteiger partial charge in [-0.2, -0.15) is 0 Å². The van der Waals surface area contributed by atoms with Crippen molar-refractivity contribution in [2.45, 2.75) is 37.7 Å². The molecule has 2 nitrogen and oxygen atoms in total. The van der Waals surface area contributed by atoms with Gasteiger partial charge < -0.3 is 5.32 Å². The zero-order valence-electron chi connectivity index (χ0n) is 12.0. The molecule has 0 saturated carbocycles. The van der Waals surface area contributed by atoms with E-state index >= 15 is 0 Å². The minimum Gasteiger partial charge on any atom is -0.352 e. The molecular formula is C16H23NOS. The number of rotatable bonds is 7. The number of amides is 1. The second-order valence-electron chi connectivity index (χ2n) is 4.88. The highest BCUT2D eigenvalue weighted by atomic mass is 32.2. The number of carbonyl (C=O) groups excluding carboxylic acids is 1. The topological polar surface area (TPSA) is 29.1 Å². The van der Waals surface area contributed by atoms with E-state index in [0.717, 1.165) is 5.75 Å². The van der Waals surface area contributed by atoms with Crippen molar-refractivity contribution in [1.82, 2.24) is 5.32 Å². The fraction of sp³-hybridized carbons (Fsp3) is 0.438. The maximum Gasteiger partial charge on any atom is 0.233 e. The molecule has 1 aromatic carbocycles. The van der Waals surface area contributed by atoms with Crippen LogP contribution in [0.4, 0.5) is 0 Å². The highest BCUT2D eigenvalue weighted by Gasteiger charge is 2.12. The quantitative estimate of drug-likeness (QED) is 0.769. The van der Waals surface area contributed by atoms with E-state index in [1.54, 1.807) is 17.8 Å². The van der Waals surface area contributed by atoms with Gasteiger partial charge in [-0.15, -0.1) is 18.3 Å². The predicted octanol–water partition coefficient (Wildman–Crippen LogP) is 3.73. The standard InChI is InChI=1S/C16H23NOS/c1-5-10-17-16(18)13(4)19-11-14-6-8-15(9-7-14)12(2)3/h5-9,12-13H,1,10-11H2,2-4H3,(H,17,18). The average molecular weight is 277 g/mol. The van der Waals surface area contributed by atoms with E-state index in [-0.39, 0.29) is 11.2 Å². The summed E-state index contributed by atoms with van der Waals surface area (Å²) in [5.41, 5.74) is 2.61. The average Bonchev–Trinajstić information content (AvgIpc) is 2.42. The summed E-state index contributed by atoms with van der Waals surface area (Å²) in [4.78, 5) is 11.7. The lowest BCUT2D eigenvalue weighted by molar-refractivity contribution is -0.120. The van der Waals surface area contributed by atoms with Crippen molar-refractivity contribution in [3.8, 4) is 0 Å². The number of thioether (sulfide) groups is 1. The first-order valence-corrected chi connectivity index (χ1v) is 7.68. The van der Waals surface area contributed by atoms with Crippen LogP contribution in [-0.2, 0) is 10.5 Å². The Balaban J connectivity index is 2.43. The van der Waals surface area contributed by atoms with Crippen LogP contribution >= 0.6 is 11.8 Å². The van der Waals surface area contributed by atoms with Gasteiger partial charge >= 0.3 is 0 Å². The predicted molar refractivity (Wildman–Crippen MR) is 84.5 cm³/mol. The van der Waals surface area contributed by atoms with E-state index in [0.29, 0.717) is 12.5 Å². The monoisotopic (exact) mass is 277 g/mol. The molecule has 0 bridgehead atoms. The smallest absolute Gasteiger partial charge is 0.233 e. The summed E-state index contributed by atoms with van der Waals surface area (Å²) < 4.78 is 0. The Labute approximate surface area is 120 Å². The molecule has 1 aromatic rings. The molecule has 0 aliphatic rings. The van der Waals surface area contributed by atoms with Crippen LogP contribution < -0.4 is 5.32 Å². The van der Waals surface area contributed by atoms with Gasteiger partial charge in [0, 0.05) is 12.3 Å². The maximum absolute atomic E-state index is 11.7. The van der Waals surface area contributed by atoms with Crippen molar-refractivity contribution >= 4 is 17.7 Å². The minimum absolute atomic E-state index is 0.0373. The Morgan fingerprint density at radius 2 is 1.95 bits per heavy atom. The van der Waals surface area contributed by atoms with Crippen molar-refractivity contribution in [2.24, 2.45) is 0 Å². The lowest BCUT2D eigenvalue weighted by Crippen LogP contribution is -2.30. The molecule has 0 fully saturated rings. The largest absolute Gasteiger partial charge is 0.352 e. The Morgan fingerprint density at radius 1 is 1.32 bits per heavy atom. The van der Waals surface area contributed by atoms with E-state index in [4.69, 9.17) is 0 Å². The van der Waals surface area contributed by atoms with E-state index < -0.39 is 0 Å². The van der Waals surface area contributed by atoms with Gasteiger partial charge in [-0.3, -0.25) is 4.79 Å². The zero-order chi connectivity index (χ0) is 14.3. The fourth-order valence-corrected chi connectivity index (χ4v) is 2.48. The Bertz CT molecular complexity index is 411. The molecule has 3 heteroatoms. The van der Waals surface area contributed by atoms with E-state index in [2.05, 4.69) is 50.0 Å². The van der Waals surface area contributed by atoms with Crippen LogP contribution in [-0.4, -0.2) is 17.7 Å². The van der Waals surface area contributed by atoms with Gasteiger partial charge in [0.2, 0.25) is 5.91 Å². The maximum atomic E-state index is 11.7. The molecule has 0 spiro atoms. The minimum atomic E-state index is -0.0373. The molecule has 1 atom stereocenters. The van der Waals surface area contributed by atoms with Crippen molar-refractivity contribution in [1.29, 1.82) is 0 Å². The second-order valence-corrected chi connectivity index (χ2v) is 6.21. The molecular weight excluding hydrogens is 254 g/mol. The van der Waals surface area contributed by atoms with Gasteiger partial charge in [0.1, 0.15) is 0 Å². The summed E-state index contributed by atoms with van der Waals surface area (Å²) in [6.45, 7) is 10.4. The molecule has 0 aliphatic carbocycles. The number of nitrogens with one attached hydrogen (secondary N) is 1. The Morgan fingerprint density at radius 3 is 2.47 bits per heavy atom. The van der Waals surface area contributed by atoms with Crippen LogP contribution in [0.5, 0.6) is 0 Å². The van der Waals surface area contributed by atoms with Crippen molar-refractivity contribution in [2.75, 3.05) is 6.54 Å². The van der Waals surface area contributed by atoms with Gasteiger partial charge in [0.25, 0.3) is 0 Å². The van der Waals surface area contributed by atoms with Crippen LogP contribution in [0.1, 0.15) is 37.8 Å². The van der Waals surface area contributed by atoms with Crippen LogP contribution in [0.2, 0.25) is 0 Å². The van der Waals surface area contributed by atoms with Crippen LogP contribution in [0.25, 0.3) is 0 Å². The molecule has 0 radical (unpaired) electrons. The summed E-state index contributed by atoms with van der Waals surface area (Å²) in [5, 5.41) is 2.78. The van der Waals surface area contributed by atoms with Gasteiger partial charge in [-0.25, -0.2) is 0 Å². The highest BCUT2D eigenvalue weighted by Crippen LogP contribution is 2.20. The molecule has 0 saturated heterocycles. The Hall–Kier alpha value is -1.22. The van der Waals surface area contributed by atoms with Gasteiger partial charge in [0.15, 0.2) is 0 Å². The zero-order valence-corrected chi connectivity index (χ0v) is 12.8. The lowest BCUT2D eigenvalue weighted by Gasteiger charge is -2.11. The van der Waals surface area contributed by atoms with Crippen LogP contribution in [0.15, 0.2) is 36.9 Å². The van der Waals surface area contributed by atoms with E-state index in [9.17, 15) is 4.79 Å². The first-order valence-electron chi connectivity index (χ1n) is 6.63. The van der Waals surface area contributed by atoms with Gasteiger partial charge in [-0.1, -0.05) is 44.2 Å². The first-order chi connectivity index (χ1) is 9.04. The van der Waals surface area contributed by atoms with Crippen molar-refractivity contribution in [3.05, 3.63) is 48.0 Å². The Kier molecular flexibility index (Phi) is 6.71. The SMILES string of the molecule is C=CCNC(=O)C(C)SCc1ccc(C(C)C)cc1. The lowest BCUT2D eigenvalue weighted by atomic mass is 10.0. The number of carbonyl (C=O) groups is 1. The fourth-order valence-electron chi connectivity index (χ4n) is 1.61. The highest BCUT2D eigenvalue weighted by molar-refractivity contribution is 7.99. The molecule has 1 unspecified atom stereocenters. The summed E-state index contributed by atoms with van der Waals surface area (Å²) in [6.07, 6.45) is 1.69. The van der Waals surface area contributed by atoms with Crippen molar-refractivity contribution in [3.63, 3.8) is 0 Å². The van der Waals surface area contributed by atoms with Gasteiger partial charge in [-0.05, 0) is 24.0 Å². The van der Waals surface area contributed by atoms with E-state index in [1.807, 2.05) is 6.92 Å².